The van der Waals surface area contributed by atoms with Gasteiger partial charge in [-0.3, -0.25) is 10.00 Å². The van der Waals surface area contributed by atoms with Crippen LogP contribution in [-0.4, -0.2) is 66.6 Å². The molecule has 1 atom stereocenters. The summed E-state index contributed by atoms with van der Waals surface area (Å²) in [6, 6.07) is 7.81. The van der Waals surface area contributed by atoms with Gasteiger partial charge in [-0.1, -0.05) is 65.4 Å². The molecule has 2 aromatic rings. The predicted octanol–water partition coefficient (Wildman–Crippen LogP) is 5.11. The number of nitrogens with zero attached hydrogens (tertiary/aromatic N) is 3. The number of thioether (sulfide) groups is 1. The van der Waals surface area contributed by atoms with Crippen LogP contribution in [0.3, 0.4) is 0 Å². The summed E-state index contributed by atoms with van der Waals surface area (Å²) in [5.41, 5.74) is 2.24. The minimum Gasteiger partial charge on any atom is -0.476 e. The van der Waals surface area contributed by atoms with Crippen molar-refractivity contribution in [2.24, 2.45) is 0 Å². The first-order chi connectivity index (χ1) is 16.5. The van der Waals surface area contributed by atoms with Crippen molar-refractivity contribution in [3.05, 3.63) is 58.8 Å². The Kier molecular flexibility index (Phi) is 8.62. The molecule has 1 fully saturated rings. The molecule has 35 heavy (non-hydrogen) atoms. The summed E-state index contributed by atoms with van der Waals surface area (Å²) in [5, 5.41) is 27.9. The average Bonchev–Trinajstić information content (AvgIpc) is 3.28. The van der Waals surface area contributed by atoms with Crippen molar-refractivity contribution in [1.29, 1.82) is 0 Å². The van der Waals surface area contributed by atoms with Gasteiger partial charge in [-0.2, -0.15) is 13.2 Å². The number of allylic oxidation sites excluding steroid dienone is 2. The molecule has 0 bridgehead atoms. The van der Waals surface area contributed by atoms with Gasteiger partial charge in [0.2, 0.25) is 0 Å². The van der Waals surface area contributed by atoms with E-state index in [1.54, 1.807) is 0 Å². The number of carboxylic acids is 2. The fraction of sp³-hybridized carbons (Fsp3) is 0.364. The van der Waals surface area contributed by atoms with Gasteiger partial charge in [-0.25, -0.2) is 9.59 Å². The first kappa shape index (κ1) is 26.8. The molecule has 1 aliphatic heterocycles. The maximum absolute atomic E-state index is 11.5. The van der Waals surface area contributed by atoms with E-state index in [0.29, 0.717) is 10.0 Å². The predicted molar refractivity (Wildman–Crippen MR) is 124 cm³/mol. The Morgan fingerprint density at radius 1 is 1.17 bits per heavy atom. The summed E-state index contributed by atoms with van der Waals surface area (Å²) in [4.78, 5) is 22.5. The molecule has 2 aliphatic rings. The van der Waals surface area contributed by atoms with E-state index in [1.165, 1.54) is 18.2 Å². The van der Waals surface area contributed by atoms with Crippen molar-refractivity contribution in [2.45, 2.75) is 41.8 Å². The Morgan fingerprint density at radius 2 is 1.86 bits per heavy atom. The van der Waals surface area contributed by atoms with Gasteiger partial charge in [0.15, 0.2) is 10.7 Å². The van der Waals surface area contributed by atoms with Gasteiger partial charge < -0.3 is 10.2 Å². The van der Waals surface area contributed by atoms with Crippen molar-refractivity contribution in [1.82, 2.24) is 20.3 Å². The zero-order chi connectivity index (χ0) is 25.6. The maximum atomic E-state index is 11.5. The highest BCUT2D eigenvalue weighted by Gasteiger charge is 2.39. The normalized spacial score (nSPS) is 20.5. The SMILES string of the molecule is O=C(O)C(F)(F)F.O=C(O)c1[nH]nnc1SC1(N2CCCCC2)C=CC(c2cccc(Cl)c2)=CC1. The third kappa shape index (κ3) is 6.86. The monoisotopic (exact) mass is 530 g/mol. The molecule has 0 amide bonds. The molecule has 3 N–H and O–H groups in total. The molecule has 188 valence electrons. The number of aromatic nitrogens is 3. The van der Waals surface area contributed by atoms with Crippen LogP contribution in [0.5, 0.6) is 0 Å². The number of hydrogen-bond donors (Lipinski definition) is 3. The number of aromatic amines is 1. The molecule has 1 aromatic heterocycles. The summed E-state index contributed by atoms with van der Waals surface area (Å²) < 4.78 is 31.7. The number of piperidine rings is 1. The third-order valence-corrected chi connectivity index (χ3v) is 7.06. The number of rotatable bonds is 5. The number of carboxylic acid groups (broad SMARTS) is 2. The Bertz CT molecular complexity index is 1130. The second kappa shape index (κ2) is 11.3. The van der Waals surface area contributed by atoms with E-state index < -0.39 is 18.1 Å². The van der Waals surface area contributed by atoms with Gasteiger partial charge in [0.1, 0.15) is 0 Å². The minimum atomic E-state index is -5.08. The lowest BCUT2D eigenvalue weighted by Gasteiger charge is -2.44. The second-order valence-corrected chi connectivity index (χ2v) is 9.54. The number of carbonyl (C=O) groups is 2. The van der Waals surface area contributed by atoms with Crippen LogP contribution in [0.15, 0.2) is 47.5 Å². The lowest BCUT2D eigenvalue weighted by Crippen LogP contribution is -2.47. The molecule has 0 saturated carbocycles. The average molecular weight is 531 g/mol. The first-order valence-electron chi connectivity index (χ1n) is 10.6. The Hall–Kier alpha value is -2.83. The lowest BCUT2D eigenvalue weighted by molar-refractivity contribution is -0.192. The fourth-order valence-electron chi connectivity index (χ4n) is 3.74. The second-order valence-electron chi connectivity index (χ2n) is 7.80. The molecule has 2 heterocycles. The Labute approximate surface area is 207 Å². The largest absolute Gasteiger partial charge is 0.490 e. The number of nitrogens with one attached hydrogen (secondary N) is 1. The van der Waals surface area contributed by atoms with Crippen LogP contribution in [0.1, 0.15) is 41.7 Å². The third-order valence-electron chi connectivity index (χ3n) is 5.43. The highest BCUT2D eigenvalue weighted by Crippen LogP contribution is 2.44. The number of aromatic carboxylic acids is 1. The molecular formula is C22H22ClF3N4O4S. The smallest absolute Gasteiger partial charge is 0.476 e. The van der Waals surface area contributed by atoms with Crippen molar-refractivity contribution in [3.8, 4) is 0 Å². The number of hydrogen-bond acceptors (Lipinski definition) is 6. The van der Waals surface area contributed by atoms with Gasteiger partial charge in [0.05, 0.1) is 4.87 Å². The van der Waals surface area contributed by atoms with Crippen LogP contribution in [0.4, 0.5) is 13.2 Å². The number of alkyl halides is 3. The highest BCUT2D eigenvalue weighted by atomic mass is 35.5. The zero-order valence-corrected chi connectivity index (χ0v) is 19.8. The number of halogens is 4. The van der Waals surface area contributed by atoms with Gasteiger partial charge in [0, 0.05) is 5.02 Å². The molecule has 4 rings (SSSR count). The van der Waals surface area contributed by atoms with Crippen molar-refractivity contribution in [3.63, 3.8) is 0 Å². The first-order valence-corrected chi connectivity index (χ1v) is 11.7. The molecule has 0 spiro atoms. The molecule has 1 unspecified atom stereocenters. The molecule has 13 heteroatoms. The van der Waals surface area contributed by atoms with E-state index in [-0.39, 0.29) is 10.6 Å². The standard InChI is InChI=1S/C20H21ClN4O2S.C2HF3O2/c21-16-6-4-5-15(13-16)14-7-9-20(10-8-14,25-11-2-1-3-12-25)28-18-17(19(26)27)22-24-23-18;3-2(4,5)1(6)7/h4-9,13H,1-3,10-12H2,(H,26,27)(H,22,23,24);(H,6,7). The Morgan fingerprint density at radius 3 is 2.40 bits per heavy atom. The van der Waals surface area contributed by atoms with E-state index in [0.717, 1.165) is 43.5 Å². The van der Waals surface area contributed by atoms with Gasteiger partial charge in [-0.15, -0.1) is 5.10 Å². The lowest BCUT2D eigenvalue weighted by atomic mass is 9.94. The number of aliphatic carboxylic acids is 1. The summed E-state index contributed by atoms with van der Waals surface area (Å²) in [6.45, 7) is 1.97. The van der Waals surface area contributed by atoms with Crippen molar-refractivity contribution >= 4 is 40.9 Å². The molecule has 8 nitrogen and oxygen atoms in total. The quantitative estimate of drug-likeness (QED) is 0.488. The number of likely N-dealkylation sites (tertiary alicyclic amines) is 1. The van der Waals surface area contributed by atoms with Crippen molar-refractivity contribution in [2.75, 3.05) is 13.1 Å². The Balaban J connectivity index is 0.000000429. The topological polar surface area (TPSA) is 119 Å². The van der Waals surface area contributed by atoms with E-state index in [9.17, 15) is 23.1 Å². The van der Waals surface area contributed by atoms with E-state index in [2.05, 4.69) is 38.5 Å². The van der Waals surface area contributed by atoms with Crippen LogP contribution in [0.2, 0.25) is 5.02 Å². The molecule has 0 radical (unpaired) electrons. The fourth-order valence-corrected chi connectivity index (χ4v) is 5.19. The number of benzene rings is 1. The number of H-pyrrole nitrogens is 1. The van der Waals surface area contributed by atoms with Crippen LogP contribution in [0.25, 0.3) is 5.57 Å². The molecule has 1 aliphatic carbocycles. The van der Waals surface area contributed by atoms with Crippen LogP contribution < -0.4 is 0 Å². The maximum Gasteiger partial charge on any atom is 0.490 e. The molecule has 1 saturated heterocycles. The summed E-state index contributed by atoms with van der Waals surface area (Å²) in [5.74, 6) is -3.80. The van der Waals surface area contributed by atoms with Crippen molar-refractivity contribution < 1.29 is 33.0 Å². The van der Waals surface area contributed by atoms with E-state index in [4.69, 9.17) is 21.5 Å². The molecule has 1 aromatic carbocycles. The van der Waals surface area contributed by atoms with E-state index in [1.807, 2.05) is 24.3 Å². The van der Waals surface area contributed by atoms with Gasteiger partial charge in [-0.05, 0) is 55.6 Å². The zero-order valence-electron chi connectivity index (χ0n) is 18.3. The summed E-state index contributed by atoms with van der Waals surface area (Å²) in [7, 11) is 0. The van der Waals surface area contributed by atoms with Gasteiger partial charge >= 0.3 is 18.1 Å². The van der Waals surface area contributed by atoms with Crippen LogP contribution in [-0.2, 0) is 4.79 Å². The van der Waals surface area contributed by atoms with E-state index >= 15 is 0 Å². The summed E-state index contributed by atoms with van der Waals surface area (Å²) >= 11 is 7.61. The van der Waals surface area contributed by atoms with Crippen LogP contribution in [0, 0.1) is 0 Å². The minimum absolute atomic E-state index is 0.0411. The molecular weight excluding hydrogens is 509 g/mol. The highest BCUT2D eigenvalue weighted by molar-refractivity contribution is 8.00. The summed E-state index contributed by atoms with van der Waals surface area (Å²) in [6.07, 6.45) is 5.68. The van der Waals surface area contributed by atoms with Gasteiger partial charge in [0.25, 0.3) is 0 Å². The van der Waals surface area contributed by atoms with Crippen LogP contribution >= 0.6 is 23.4 Å².